The van der Waals surface area contributed by atoms with Crippen LogP contribution in [0, 0.1) is 5.41 Å². The lowest BCUT2D eigenvalue weighted by Crippen LogP contribution is -2.45. The van der Waals surface area contributed by atoms with E-state index in [0.717, 1.165) is 36.8 Å². The SMILES string of the molecule is CCCCCCCc1c2n(c3cc(C=O)ccc13)CC1(C(=O)N3CCOCC3)CC1c1cc(OCC)ccc1-2. The predicted molar refractivity (Wildman–Crippen MR) is 154 cm³/mol. The van der Waals surface area contributed by atoms with Crippen molar-refractivity contribution < 1.29 is 19.1 Å². The first kappa shape index (κ1) is 26.1. The standard InChI is InChI=1S/C33H40N2O4/c1-3-5-6-7-8-9-26-25-12-10-23(21-36)18-30(25)35-22-33(32(37)34-14-16-38-17-15-34)20-29(33)28-19-24(39-4-2)11-13-27(28)31(26)35/h10-13,18-19,21,29H,3-9,14-17,20,22H2,1-2H3. The van der Waals surface area contributed by atoms with E-state index in [2.05, 4.69) is 35.8 Å². The summed E-state index contributed by atoms with van der Waals surface area (Å²) in [5.74, 6) is 1.26. The molecule has 1 amide bonds. The molecule has 6 rings (SSSR count). The van der Waals surface area contributed by atoms with Crippen molar-refractivity contribution in [3.05, 3.63) is 53.1 Å². The fourth-order valence-electron chi connectivity index (χ4n) is 7.00. The van der Waals surface area contributed by atoms with Gasteiger partial charge >= 0.3 is 0 Å². The number of carbonyl (C=O) groups is 2. The number of hydrogen-bond donors (Lipinski definition) is 0. The quantitative estimate of drug-likeness (QED) is 0.226. The maximum absolute atomic E-state index is 14.2. The van der Waals surface area contributed by atoms with Gasteiger partial charge in [-0.1, -0.05) is 44.7 Å². The third-order valence-corrected chi connectivity index (χ3v) is 9.06. The highest BCUT2D eigenvalue weighted by Crippen LogP contribution is 2.65. The highest BCUT2D eigenvalue weighted by molar-refractivity contribution is 5.97. The van der Waals surface area contributed by atoms with Gasteiger partial charge in [0.2, 0.25) is 5.91 Å². The van der Waals surface area contributed by atoms with Gasteiger partial charge in [-0.15, -0.1) is 0 Å². The Balaban J connectivity index is 1.51. The molecule has 0 N–H and O–H groups in total. The van der Waals surface area contributed by atoms with Gasteiger partial charge in [-0.05, 0) is 61.6 Å². The Morgan fingerprint density at radius 2 is 1.90 bits per heavy atom. The minimum absolute atomic E-state index is 0.157. The molecule has 1 aromatic heterocycles. The van der Waals surface area contributed by atoms with Crippen LogP contribution in [0.2, 0.25) is 0 Å². The lowest BCUT2D eigenvalue weighted by molar-refractivity contribution is -0.141. The molecule has 2 atom stereocenters. The number of carbonyl (C=O) groups excluding carboxylic acids is 2. The fourth-order valence-corrected chi connectivity index (χ4v) is 7.00. The first-order chi connectivity index (χ1) is 19.1. The van der Waals surface area contributed by atoms with E-state index >= 15 is 0 Å². The number of benzene rings is 2. The van der Waals surface area contributed by atoms with Crippen molar-refractivity contribution in [1.82, 2.24) is 9.47 Å². The second kappa shape index (κ2) is 10.8. The normalized spacial score (nSPS) is 21.6. The topological polar surface area (TPSA) is 60.8 Å². The average molecular weight is 529 g/mol. The van der Waals surface area contributed by atoms with Crippen molar-refractivity contribution in [2.75, 3.05) is 32.9 Å². The number of fused-ring (bicyclic) bond motifs is 7. The van der Waals surface area contributed by atoms with Crippen molar-refractivity contribution in [3.8, 4) is 17.0 Å². The van der Waals surface area contributed by atoms with Crippen molar-refractivity contribution in [1.29, 1.82) is 0 Å². The highest BCUT2D eigenvalue weighted by atomic mass is 16.5. The number of unbranched alkanes of at least 4 members (excludes halogenated alkanes) is 4. The van der Waals surface area contributed by atoms with Gasteiger partial charge in [-0.3, -0.25) is 9.59 Å². The molecule has 0 bridgehead atoms. The van der Waals surface area contributed by atoms with Crippen LogP contribution in [0.5, 0.6) is 5.75 Å². The summed E-state index contributed by atoms with van der Waals surface area (Å²) in [6.45, 7) is 8.00. The van der Waals surface area contributed by atoms with Crippen LogP contribution in [0.4, 0.5) is 0 Å². The van der Waals surface area contributed by atoms with Crippen molar-refractivity contribution in [3.63, 3.8) is 0 Å². The first-order valence-corrected chi connectivity index (χ1v) is 14.9. The molecule has 6 nitrogen and oxygen atoms in total. The lowest BCUT2D eigenvalue weighted by atomic mass is 9.92. The zero-order valence-corrected chi connectivity index (χ0v) is 23.3. The van der Waals surface area contributed by atoms with Gasteiger partial charge in [-0.25, -0.2) is 0 Å². The number of rotatable bonds is 10. The van der Waals surface area contributed by atoms with E-state index in [9.17, 15) is 9.59 Å². The Labute approximate surface area is 231 Å². The molecule has 3 aliphatic rings. The van der Waals surface area contributed by atoms with E-state index in [1.165, 1.54) is 53.5 Å². The Kier molecular flexibility index (Phi) is 7.23. The first-order valence-electron chi connectivity index (χ1n) is 14.9. The number of aldehydes is 1. The summed E-state index contributed by atoms with van der Waals surface area (Å²) in [4.78, 5) is 28.0. The van der Waals surface area contributed by atoms with Crippen LogP contribution in [-0.4, -0.2) is 54.6 Å². The van der Waals surface area contributed by atoms with Crippen molar-refractivity contribution in [2.45, 2.75) is 71.3 Å². The number of morpholine rings is 1. The molecular weight excluding hydrogens is 488 g/mol. The second-order valence-electron chi connectivity index (χ2n) is 11.5. The molecule has 0 radical (unpaired) electrons. The van der Waals surface area contributed by atoms with Crippen LogP contribution in [0.1, 0.15) is 79.8 Å². The number of hydrogen-bond acceptors (Lipinski definition) is 4. The van der Waals surface area contributed by atoms with E-state index in [4.69, 9.17) is 9.47 Å². The highest BCUT2D eigenvalue weighted by Gasteiger charge is 2.63. The summed E-state index contributed by atoms with van der Waals surface area (Å²) in [5, 5.41) is 1.21. The lowest BCUT2D eigenvalue weighted by Gasteiger charge is -2.31. The van der Waals surface area contributed by atoms with Gasteiger partial charge in [0.05, 0.1) is 30.9 Å². The Morgan fingerprint density at radius 3 is 2.67 bits per heavy atom. The smallest absolute Gasteiger partial charge is 0.231 e. The summed E-state index contributed by atoms with van der Waals surface area (Å²) in [5.41, 5.74) is 6.28. The van der Waals surface area contributed by atoms with Gasteiger partial charge in [0.15, 0.2) is 0 Å². The molecule has 2 aromatic carbocycles. The van der Waals surface area contributed by atoms with Gasteiger partial charge in [0, 0.05) is 47.6 Å². The molecule has 1 saturated heterocycles. The van der Waals surface area contributed by atoms with Crippen LogP contribution in [0.15, 0.2) is 36.4 Å². The minimum atomic E-state index is -0.482. The maximum atomic E-state index is 14.2. The van der Waals surface area contributed by atoms with Crippen molar-refractivity contribution in [2.24, 2.45) is 5.41 Å². The maximum Gasteiger partial charge on any atom is 0.231 e. The Morgan fingerprint density at radius 1 is 1.08 bits per heavy atom. The van der Waals surface area contributed by atoms with Crippen LogP contribution < -0.4 is 4.74 Å². The molecule has 206 valence electrons. The van der Waals surface area contributed by atoms with Gasteiger partial charge < -0.3 is 18.9 Å². The zero-order chi connectivity index (χ0) is 27.0. The monoisotopic (exact) mass is 528 g/mol. The molecule has 0 spiro atoms. The number of amides is 1. The molecule has 2 fully saturated rings. The molecule has 1 aliphatic carbocycles. The van der Waals surface area contributed by atoms with Crippen LogP contribution in [-0.2, 0) is 22.5 Å². The number of aryl methyl sites for hydroxylation is 1. The van der Waals surface area contributed by atoms with Gasteiger partial charge in [0.1, 0.15) is 12.0 Å². The molecule has 39 heavy (non-hydrogen) atoms. The largest absolute Gasteiger partial charge is 0.494 e. The van der Waals surface area contributed by atoms with E-state index < -0.39 is 5.41 Å². The summed E-state index contributed by atoms with van der Waals surface area (Å²) >= 11 is 0. The van der Waals surface area contributed by atoms with Crippen molar-refractivity contribution >= 4 is 23.1 Å². The molecule has 1 saturated carbocycles. The molecule has 2 aliphatic heterocycles. The summed E-state index contributed by atoms with van der Waals surface area (Å²) in [7, 11) is 0. The van der Waals surface area contributed by atoms with E-state index in [1.807, 2.05) is 24.0 Å². The third kappa shape index (κ3) is 4.57. The molecule has 3 aromatic rings. The molecule has 3 heterocycles. The summed E-state index contributed by atoms with van der Waals surface area (Å²) in [6.07, 6.45) is 8.86. The van der Waals surface area contributed by atoms with E-state index in [0.29, 0.717) is 45.0 Å². The Hall–Kier alpha value is -3.12. The fraction of sp³-hybridized carbons (Fsp3) is 0.515. The van der Waals surface area contributed by atoms with E-state index in [-0.39, 0.29) is 11.8 Å². The van der Waals surface area contributed by atoms with Crippen LogP contribution >= 0.6 is 0 Å². The molecule has 2 unspecified atom stereocenters. The van der Waals surface area contributed by atoms with Gasteiger partial charge in [-0.2, -0.15) is 0 Å². The second-order valence-corrected chi connectivity index (χ2v) is 11.5. The predicted octanol–water partition coefficient (Wildman–Crippen LogP) is 6.38. The average Bonchev–Trinajstić information content (AvgIpc) is 3.65. The van der Waals surface area contributed by atoms with E-state index in [1.54, 1.807) is 0 Å². The number of aromatic nitrogens is 1. The van der Waals surface area contributed by atoms with Gasteiger partial charge in [0.25, 0.3) is 0 Å². The van der Waals surface area contributed by atoms with Crippen LogP contribution in [0.3, 0.4) is 0 Å². The number of ether oxygens (including phenoxy) is 2. The third-order valence-electron chi connectivity index (χ3n) is 9.06. The van der Waals surface area contributed by atoms with Crippen LogP contribution in [0.25, 0.3) is 22.2 Å². The summed E-state index contributed by atoms with van der Waals surface area (Å²) < 4.78 is 13.9. The minimum Gasteiger partial charge on any atom is -0.494 e. The zero-order valence-electron chi connectivity index (χ0n) is 23.3. The number of nitrogens with zero attached hydrogens (tertiary/aromatic N) is 2. The molecular formula is C33H40N2O4. The Bertz CT molecular complexity index is 1390. The molecule has 6 heteroatoms. The summed E-state index contributed by atoms with van der Waals surface area (Å²) in [6, 6.07) is 12.6.